The van der Waals surface area contributed by atoms with E-state index in [-0.39, 0.29) is 22.0 Å². The first kappa shape index (κ1) is 14.7. The zero-order chi connectivity index (χ0) is 14.0. The van der Waals surface area contributed by atoms with Crippen molar-refractivity contribution in [2.45, 2.75) is 44.0 Å². The quantitative estimate of drug-likeness (QED) is 0.744. The van der Waals surface area contributed by atoms with Gasteiger partial charge in [0, 0.05) is 11.7 Å². The maximum atomic E-state index is 11.9. The van der Waals surface area contributed by atoms with E-state index >= 15 is 0 Å². The van der Waals surface area contributed by atoms with Crippen molar-refractivity contribution in [1.82, 2.24) is 10.3 Å². The van der Waals surface area contributed by atoms with Crippen LogP contribution in [0.5, 0.6) is 0 Å². The van der Waals surface area contributed by atoms with Crippen molar-refractivity contribution < 1.29 is 13.2 Å². The average Bonchev–Trinajstić information content (AvgIpc) is 2.77. The standard InChI is InChI=1S/C11H19N3O3S/c1-4-11(3,5-2)14-10(15)9-6-8(7-13-9)18(12,16)17/h6-7,13H,4-5H2,1-3H3,(H,14,15)(H2,12,16,17). The molecule has 0 saturated carbocycles. The van der Waals surface area contributed by atoms with Crippen LogP contribution in [0, 0.1) is 0 Å². The zero-order valence-electron chi connectivity index (χ0n) is 10.8. The second kappa shape index (κ2) is 5.11. The summed E-state index contributed by atoms with van der Waals surface area (Å²) in [6.07, 6.45) is 2.79. The number of hydrogen-bond acceptors (Lipinski definition) is 3. The van der Waals surface area contributed by atoms with Crippen molar-refractivity contribution in [2.24, 2.45) is 5.14 Å². The molecule has 6 nitrogen and oxygen atoms in total. The van der Waals surface area contributed by atoms with Gasteiger partial charge in [-0.1, -0.05) is 13.8 Å². The Kier molecular flexibility index (Phi) is 4.18. The molecule has 0 aromatic carbocycles. The summed E-state index contributed by atoms with van der Waals surface area (Å²) < 4.78 is 22.2. The minimum Gasteiger partial charge on any atom is -0.356 e. The van der Waals surface area contributed by atoms with Crippen LogP contribution in [0.25, 0.3) is 0 Å². The number of nitrogens with two attached hydrogens (primary N) is 1. The smallest absolute Gasteiger partial charge is 0.268 e. The van der Waals surface area contributed by atoms with Gasteiger partial charge in [0.1, 0.15) is 5.69 Å². The number of carbonyl (C=O) groups excluding carboxylic acids is 1. The highest BCUT2D eigenvalue weighted by Gasteiger charge is 2.24. The fraction of sp³-hybridized carbons (Fsp3) is 0.545. The van der Waals surface area contributed by atoms with Crippen LogP contribution in [0.4, 0.5) is 0 Å². The van der Waals surface area contributed by atoms with Crippen LogP contribution in [0.2, 0.25) is 0 Å². The molecular formula is C11H19N3O3S. The number of aromatic nitrogens is 1. The van der Waals surface area contributed by atoms with Crippen LogP contribution >= 0.6 is 0 Å². The van der Waals surface area contributed by atoms with E-state index in [2.05, 4.69) is 10.3 Å². The van der Waals surface area contributed by atoms with Crippen molar-refractivity contribution >= 4 is 15.9 Å². The second-order valence-electron chi connectivity index (χ2n) is 4.52. The Balaban J connectivity index is 2.90. The van der Waals surface area contributed by atoms with Gasteiger partial charge < -0.3 is 10.3 Å². The van der Waals surface area contributed by atoms with Gasteiger partial charge >= 0.3 is 0 Å². The van der Waals surface area contributed by atoms with Crippen molar-refractivity contribution in [3.63, 3.8) is 0 Å². The molecule has 102 valence electrons. The Labute approximate surface area is 107 Å². The van der Waals surface area contributed by atoms with Gasteiger partial charge in [-0.2, -0.15) is 0 Å². The molecule has 0 aliphatic heterocycles. The van der Waals surface area contributed by atoms with Crippen LogP contribution in [0.1, 0.15) is 44.1 Å². The maximum Gasteiger partial charge on any atom is 0.268 e. The lowest BCUT2D eigenvalue weighted by Gasteiger charge is -2.27. The number of aromatic amines is 1. The number of sulfonamides is 1. The SMILES string of the molecule is CCC(C)(CC)NC(=O)c1cc(S(N)(=O)=O)c[nH]1. The van der Waals surface area contributed by atoms with E-state index in [0.717, 1.165) is 12.8 Å². The van der Waals surface area contributed by atoms with Gasteiger partial charge in [0.15, 0.2) is 0 Å². The van der Waals surface area contributed by atoms with E-state index in [1.54, 1.807) is 0 Å². The average molecular weight is 273 g/mol. The molecule has 4 N–H and O–H groups in total. The molecule has 0 aliphatic carbocycles. The Morgan fingerprint density at radius 3 is 2.39 bits per heavy atom. The fourth-order valence-electron chi connectivity index (χ4n) is 1.44. The first-order valence-corrected chi connectivity index (χ1v) is 7.30. The Morgan fingerprint density at radius 2 is 2.00 bits per heavy atom. The predicted octanol–water partition coefficient (Wildman–Crippen LogP) is 0.971. The molecule has 0 bridgehead atoms. The zero-order valence-corrected chi connectivity index (χ0v) is 11.6. The number of nitrogens with one attached hydrogen (secondary N) is 2. The van der Waals surface area contributed by atoms with Crippen molar-refractivity contribution in [3.8, 4) is 0 Å². The van der Waals surface area contributed by atoms with Crippen LogP contribution in [-0.2, 0) is 10.0 Å². The predicted molar refractivity (Wildman–Crippen MR) is 68.6 cm³/mol. The number of primary sulfonamides is 1. The van der Waals surface area contributed by atoms with Crippen molar-refractivity contribution in [1.29, 1.82) is 0 Å². The number of carbonyl (C=O) groups is 1. The molecule has 0 unspecified atom stereocenters. The number of H-pyrrole nitrogens is 1. The molecule has 0 spiro atoms. The molecule has 0 saturated heterocycles. The monoisotopic (exact) mass is 273 g/mol. The van der Waals surface area contributed by atoms with Gasteiger partial charge in [-0.15, -0.1) is 0 Å². The minimum absolute atomic E-state index is 0.0950. The summed E-state index contributed by atoms with van der Waals surface area (Å²) in [4.78, 5) is 14.5. The van der Waals surface area contributed by atoms with E-state index in [9.17, 15) is 13.2 Å². The van der Waals surface area contributed by atoms with Gasteiger partial charge in [-0.3, -0.25) is 4.79 Å². The second-order valence-corrected chi connectivity index (χ2v) is 6.08. The number of hydrogen-bond donors (Lipinski definition) is 3. The highest BCUT2D eigenvalue weighted by atomic mass is 32.2. The van der Waals surface area contributed by atoms with Crippen molar-refractivity contribution in [2.75, 3.05) is 0 Å². The summed E-state index contributed by atoms with van der Waals surface area (Å²) in [5.74, 6) is -0.337. The van der Waals surface area contributed by atoms with E-state index in [1.807, 2.05) is 20.8 Å². The topological polar surface area (TPSA) is 105 Å². The van der Waals surface area contributed by atoms with E-state index in [1.165, 1.54) is 12.3 Å². The molecule has 1 heterocycles. The molecule has 0 atom stereocenters. The molecule has 1 amide bonds. The molecule has 7 heteroatoms. The maximum absolute atomic E-state index is 11.9. The summed E-state index contributed by atoms with van der Waals surface area (Å²) in [7, 11) is -3.78. The van der Waals surface area contributed by atoms with E-state index < -0.39 is 10.0 Å². The lowest BCUT2D eigenvalue weighted by molar-refractivity contribution is 0.0896. The molecule has 0 aliphatic rings. The molecular weight excluding hydrogens is 254 g/mol. The van der Waals surface area contributed by atoms with Crippen molar-refractivity contribution in [3.05, 3.63) is 18.0 Å². The first-order chi connectivity index (χ1) is 8.22. The largest absolute Gasteiger partial charge is 0.356 e. The Morgan fingerprint density at radius 1 is 1.44 bits per heavy atom. The summed E-state index contributed by atoms with van der Waals surface area (Å²) >= 11 is 0. The molecule has 1 aromatic heterocycles. The highest BCUT2D eigenvalue weighted by molar-refractivity contribution is 7.89. The van der Waals surface area contributed by atoms with Gasteiger partial charge in [-0.25, -0.2) is 13.6 Å². The van der Waals surface area contributed by atoms with Crippen LogP contribution in [0.3, 0.4) is 0 Å². The third-order valence-corrected chi connectivity index (χ3v) is 4.10. The normalized spacial score (nSPS) is 12.4. The fourth-order valence-corrected chi connectivity index (χ4v) is 1.94. The summed E-state index contributed by atoms with van der Waals surface area (Å²) in [6.45, 7) is 5.90. The third-order valence-electron chi connectivity index (χ3n) is 3.21. The minimum atomic E-state index is -3.78. The van der Waals surface area contributed by atoms with Gasteiger partial charge in [0.25, 0.3) is 5.91 Å². The van der Waals surface area contributed by atoms with Gasteiger partial charge in [-0.05, 0) is 25.8 Å². The lowest BCUT2D eigenvalue weighted by Crippen LogP contribution is -2.45. The Bertz CT molecular complexity index is 529. The first-order valence-electron chi connectivity index (χ1n) is 5.75. The van der Waals surface area contributed by atoms with Gasteiger partial charge in [0.05, 0.1) is 4.90 Å². The van der Waals surface area contributed by atoms with E-state index in [4.69, 9.17) is 5.14 Å². The van der Waals surface area contributed by atoms with Crippen LogP contribution in [-0.4, -0.2) is 24.8 Å². The molecule has 0 radical (unpaired) electrons. The third kappa shape index (κ3) is 3.33. The molecule has 0 fully saturated rings. The summed E-state index contributed by atoms with van der Waals surface area (Å²) in [5, 5.41) is 7.84. The van der Waals surface area contributed by atoms with Gasteiger partial charge in [0.2, 0.25) is 10.0 Å². The molecule has 1 rings (SSSR count). The van der Waals surface area contributed by atoms with Crippen LogP contribution < -0.4 is 10.5 Å². The number of rotatable bonds is 5. The molecule has 1 aromatic rings. The lowest BCUT2D eigenvalue weighted by atomic mass is 9.95. The Hall–Kier alpha value is -1.34. The van der Waals surface area contributed by atoms with E-state index in [0.29, 0.717) is 0 Å². The summed E-state index contributed by atoms with van der Waals surface area (Å²) in [5.41, 5.74) is -0.114. The molecule has 18 heavy (non-hydrogen) atoms. The highest BCUT2D eigenvalue weighted by Crippen LogP contribution is 2.15. The van der Waals surface area contributed by atoms with Crippen LogP contribution in [0.15, 0.2) is 17.2 Å². The summed E-state index contributed by atoms with van der Waals surface area (Å²) in [6, 6.07) is 1.23. The number of amides is 1.